The van der Waals surface area contributed by atoms with Gasteiger partial charge in [-0.1, -0.05) is 0 Å². The van der Waals surface area contributed by atoms with E-state index >= 15 is 0 Å². The van der Waals surface area contributed by atoms with Crippen molar-refractivity contribution in [2.24, 2.45) is 0 Å². The lowest BCUT2D eigenvalue weighted by molar-refractivity contribution is -0.461. The van der Waals surface area contributed by atoms with Gasteiger partial charge in [0.25, 0.3) is 0 Å². The van der Waals surface area contributed by atoms with Crippen molar-refractivity contribution in [3.05, 3.63) is 71.6 Å². The molecule has 14 heteroatoms. The molecule has 1 amide bonds. The van der Waals surface area contributed by atoms with Crippen LogP contribution in [0.2, 0.25) is 0 Å². The third kappa shape index (κ3) is 4.89. The third-order valence-corrected chi connectivity index (χ3v) is 4.47. The first-order valence-electron chi connectivity index (χ1n) is 9.35. The van der Waals surface area contributed by atoms with Crippen LogP contribution in [0.25, 0.3) is 0 Å². The molecule has 0 radical (unpaired) electrons. The van der Waals surface area contributed by atoms with Gasteiger partial charge in [0, 0.05) is 24.4 Å². The van der Waals surface area contributed by atoms with Gasteiger partial charge < -0.3 is 9.47 Å². The number of nitrogens with one attached hydrogen (secondary N) is 1. The van der Waals surface area contributed by atoms with Crippen LogP contribution in [0, 0.1) is 23.0 Å². The highest BCUT2D eigenvalue weighted by Crippen LogP contribution is 2.47. The van der Waals surface area contributed by atoms with E-state index in [0.29, 0.717) is 23.2 Å². The van der Waals surface area contributed by atoms with Gasteiger partial charge in [-0.25, -0.2) is 23.5 Å². The van der Waals surface area contributed by atoms with Crippen LogP contribution in [0.4, 0.5) is 37.7 Å². The number of amides is 1. The van der Waals surface area contributed by atoms with E-state index in [1.165, 1.54) is 18.3 Å². The molecule has 2 aromatic carbocycles. The number of carbonyl (C=O) groups excluding carboxylic acids is 1. The number of nitrogens with zero attached hydrogens (tertiary/aromatic N) is 3. The highest BCUT2D eigenvalue weighted by Gasteiger charge is 2.54. The Morgan fingerprint density at radius 3 is 2.57 bits per heavy atom. The number of aromatic nitrogens is 1. The molecule has 4 rings (SSSR count). The van der Waals surface area contributed by atoms with Crippen molar-refractivity contribution < 1.29 is 45.3 Å². The van der Waals surface area contributed by atoms with E-state index in [9.17, 15) is 31.1 Å². The van der Waals surface area contributed by atoms with Gasteiger partial charge in [-0.05, 0) is 24.3 Å². The quantitative estimate of drug-likeness (QED) is 0.291. The summed E-state index contributed by atoms with van der Waals surface area (Å²) in [4.78, 5) is 15.2. The first kappa shape index (κ1) is 23.6. The molecule has 1 N–H and O–H groups in total. The Morgan fingerprint density at radius 2 is 1.86 bits per heavy atom. The number of alkyl halides is 4. The molecule has 0 spiro atoms. The van der Waals surface area contributed by atoms with Crippen LogP contribution in [-0.4, -0.2) is 17.7 Å². The summed E-state index contributed by atoms with van der Waals surface area (Å²) in [6.45, 7) is 0. The minimum atomic E-state index is -4.59. The van der Waals surface area contributed by atoms with Gasteiger partial charge in [-0.2, -0.15) is 14.0 Å². The lowest BCUT2D eigenvalue weighted by Crippen LogP contribution is -2.41. The van der Waals surface area contributed by atoms with Crippen LogP contribution in [-0.2, 0) is 15.6 Å². The fraction of sp³-hybridized carbons (Fsp3) is 0.0952. The lowest BCUT2D eigenvalue weighted by Gasteiger charge is -2.31. The summed E-state index contributed by atoms with van der Waals surface area (Å²) in [5, 5.41) is 9.34. The molecule has 0 fully saturated rings. The number of nitriles is 1. The maximum absolute atomic E-state index is 14.6. The van der Waals surface area contributed by atoms with Crippen molar-refractivity contribution in [3.63, 3.8) is 0 Å². The maximum Gasteiger partial charge on any atom is 0.540 e. The van der Waals surface area contributed by atoms with Gasteiger partial charge in [0.15, 0.2) is 17.4 Å². The van der Waals surface area contributed by atoms with Crippen LogP contribution < -0.4 is 19.9 Å². The first-order valence-corrected chi connectivity index (χ1v) is 9.35. The average molecular weight is 496 g/mol. The second-order valence-corrected chi connectivity index (χ2v) is 6.81. The zero-order valence-electron chi connectivity index (χ0n) is 16.9. The number of benzene rings is 2. The van der Waals surface area contributed by atoms with Gasteiger partial charge in [-0.3, -0.25) is 10.2 Å². The zero-order valence-corrected chi connectivity index (χ0v) is 16.9. The molecule has 180 valence electrons. The van der Waals surface area contributed by atoms with Crippen LogP contribution in [0.1, 0.15) is 11.3 Å². The van der Waals surface area contributed by atoms with Crippen molar-refractivity contribution in [1.82, 2.24) is 4.98 Å². The number of hydrogen-bond donors (Lipinski definition) is 1. The molecule has 0 saturated carbocycles. The number of anilines is 2. The number of rotatable bonds is 6. The Hall–Kier alpha value is -4.51. The van der Waals surface area contributed by atoms with E-state index < -0.39 is 46.8 Å². The van der Waals surface area contributed by atoms with Crippen LogP contribution in [0.3, 0.4) is 0 Å². The summed E-state index contributed by atoms with van der Waals surface area (Å²) in [7, 11) is 0. The molecule has 0 unspecified atom stereocenters. The molecule has 2 heterocycles. The monoisotopic (exact) mass is 496 g/mol. The highest BCUT2D eigenvalue weighted by atomic mass is 19.3. The predicted octanol–water partition coefficient (Wildman–Crippen LogP) is 5.02. The summed E-state index contributed by atoms with van der Waals surface area (Å²) < 4.78 is 96.1. The molecule has 0 aliphatic carbocycles. The van der Waals surface area contributed by atoms with Crippen LogP contribution in [0.15, 0.2) is 48.7 Å². The van der Waals surface area contributed by atoms with Crippen LogP contribution in [0.5, 0.6) is 17.2 Å². The summed E-state index contributed by atoms with van der Waals surface area (Å²) in [5.41, 5.74) is 0.0625. The van der Waals surface area contributed by atoms with E-state index in [2.05, 4.69) is 19.9 Å². The normalized spacial score (nSPS) is 15.2. The third-order valence-electron chi connectivity index (χ3n) is 4.47. The van der Waals surface area contributed by atoms with Gasteiger partial charge >= 0.3 is 12.4 Å². The van der Waals surface area contributed by atoms with Crippen molar-refractivity contribution in [2.45, 2.75) is 12.4 Å². The Kier molecular flexibility index (Phi) is 5.87. The van der Waals surface area contributed by atoms with E-state index in [4.69, 9.17) is 10.00 Å². The number of halogens is 6. The molecule has 0 atom stereocenters. The topological polar surface area (TPSA) is 96.7 Å². The average Bonchev–Trinajstić information content (AvgIpc) is 2.79. The number of ether oxygens (including phenoxy) is 3. The lowest BCUT2D eigenvalue weighted by atomic mass is 10.1. The molecule has 1 aliphatic rings. The SMILES string of the molecule is N#Cc1cc(Oc2cc(F)c(NN(C=O)c3ccc4c(c3)C(F)(F)OC(F)(F)O4)cc2F)ccn1. The molecule has 35 heavy (non-hydrogen) atoms. The van der Waals surface area contributed by atoms with Crippen LogP contribution >= 0.6 is 0 Å². The number of hydrogen-bond acceptors (Lipinski definition) is 7. The van der Waals surface area contributed by atoms with E-state index in [-0.39, 0.29) is 23.5 Å². The largest absolute Gasteiger partial charge is 0.540 e. The minimum absolute atomic E-state index is 0.00456. The molecule has 1 aromatic heterocycles. The Labute approximate surface area is 191 Å². The smallest absolute Gasteiger partial charge is 0.454 e. The van der Waals surface area contributed by atoms with Gasteiger partial charge in [0.05, 0.1) is 16.9 Å². The van der Waals surface area contributed by atoms with Gasteiger partial charge in [-0.15, -0.1) is 8.78 Å². The Balaban J connectivity index is 1.59. The van der Waals surface area contributed by atoms with Gasteiger partial charge in [0.1, 0.15) is 23.3 Å². The van der Waals surface area contributed by atoms with E-state index in [1.807, 2.05) is 0 Å². The highest BCUT2D eigenvalue weighted by molar-refractivity contribution is 5.79. The summed E-state index contributed by atoms with van der Waals surface area (Å²) in [6, 6.07) is 7.76. The molecule has 0 bridgehead atoms. The Bertz CT molecular complexity index is 1350. The molecule has 3 aromatic rings. The van der Waals surface area contributed by atoms with Crippen molar-refractivity contribution in [1.29, 1.82) is 5.26 Å². The standard InChI is InChI=1S/C21H10F6N4O4/c22-15-8-19(33-13-3-4-29-11(5-13)9-28)16(23)7-17(15)30-31(10-32)12-1-2-18-14(6-12)20(24,25)35-21(26,27)34-18/h1-8,10,30H. The van der Waals surface area contributed by atoms with Crippen molar-refractivity contribution >= 4 is 17.8 Å². The molecule has 8 nitrogen and oxygen atoms in total. The summed E-state index contributed by atoms with van der Waals surface area (Å²) in [6.07, 6.45) is -7.80. The molecule has 0 saturated heterocycles. The minimum Gasteiger partial charge on any atom is -0.454 e. The Morgan fingerprint density at radius 1 is 1.09 bits per heavy atom. The fourth-order valence-electron chi connectivity index (χ4n) is 2.97. The van der Waals surface area contributed by atoms with Gasteiger partial charge in [0.2, 0.25) is 6.41 Å². The van der Waals surface area contributed by atoms with E-state index in [1.54, 1.807) is 6.07 Å². The summed E-state index contributed by atoms with van der Waals surface area (Å²) in [5.74, 6) is -3.68. The second kappa shape index (κ2) is 8.69. The number of pyridine rings is 1. The number of fused-ring (bicyclic) bond motifs is 1. The summed E-state index contributed by atoms with van der Waals surface area (Å²) >= 11 is 0. The maximum atomic E-state index is 14.6. The first-order chi connectivity index (χ1) is 16.5. The fourth-order valence-corrected chi connectivity index (χ4v) is 2.97. The predicted molar refractivity (Wildman–Crippen MR) is 105 cm³/mol. The second-order valence-electron chi connectivity index (χ2n) is 6.81. The molecule has 1 aliphatic heterocycles. The zero-order chi connectivity index (χ0) is 25.4. The molecular formula is C21H10F6N4O4. The molecular weight excluding hydrogens is 486 g/mol. The van der Waals surface area contributed by atoms with Crippen molar-refractivity contribution in [2.75, 3.05) is 10.4 Å². The number of hydrazine groups is 1. The van der Waals surface area contributed by atoms with E-state index in [0.717, 1.165) is 12.1 Å². The van der Waals surface area contributed by atoms with Crippen molar-refractivity contribution in [3.8, 4) is 23.3 Å². The number of carbonyl (C=O) groups is 1.